The van der Waals surface area contributed by atoms with Crippen LogP contribution in [0, 0.1) is 0 Å². The lowest BCUT2D eigenvalue weighted by molar-refractivity contribution is 0.0173. The van der Waals surface area contributed by atoms with Gasteiger partial charge in [-0.1, -0.05) is 24.6 Å². The molecule has 0 bridgehead atoms. The van der Waals surface area contributed by atoms with Crippen molar-refractivity contribution in [1.29, 1.82) is 0 Å². The van der Waals surface area contributed by atoms with E-state index in [-0.39, 0.29) is 5.54 Å². The molecule has 1 aromatic carbocycles. The number of piperidine rings is 2. The lowest BCUT2D eigenvalue weighted by Gasteiger charge is -2.50. The highest BCUT2D eigenvalue weighted by atomic mass is 15.3. The normalized spacial score (nSPS) is 20.9. The van der Waals surface area contributed by atoms with Gasteiger partial charge in [-0.25, -0.2) is 0 Å². The van der Waals surface area contributed by atoms with Crippen molar-refractivity contribution in [2.45, 2.75) is 44.2 Å². The third-order valence-corrected chi connectivity index (χ3v) is 6.94. The highest BCUT2D eigenvalue weighted by Crippen LogP contribution is 2.30. The molecule has 2 aliphatic heterocycles. The van der Waals surface area contributed by atoms with Gasteiger partial charge in [-0.3, -0.25) is 14.9 Å². The fraction of sp³-hybridized carbons (Fsp3) is 0.583. The summed E-state index contributed by atoms with van der Waals surface area (Å²) < 4.78 is 0. The summed E-state index contributed by atoms with van der Waals surface area (Å²) in [5.41, 5.74) is 2.53. The Morgan fingerprint density at radius 1 is 1.03 bits per heavy atom. The van der Waals surface area contributed by atoms with Gasteiger partial charge in [0.05, 0.1) is 5.52 Å². The van der Waals surface area contributed by atoms with Gasteiger partial charge in [0, 0.05) is 37.3 Å². The van der Waals surface area contributed by atoms with E-state index in [1.54, 1.807) is 0 Å². The summed E-state index contributed by atoms with van der Waals surface area (Å²) in [4.78, 5) is 14.2. The number of likely N-dealkylation sites (tertiary alicyclic amines) is 2. The Morgan fingerprint density at radius 2 is 1.80 bits per heavy atom. The van der Waals surface area contributed by atoms with Crippen molar-refractivity contribution in [3.63, 3.8) is 0 Å². The van der Waals surface area contributed by atoms with Gasteiger partial charge >= 0.3 is 0 Å². The molecule has 2 aromatic rings. The summed E-state index contributed by atoms with van der Waals surface area (Å²) in [6.45, 7) is 6.51. The van der Waals surface area contributed by atoms with Crippen LogP contribution in [-0.4, -0.2) is 73.1 Å². The molecule has 0 saturated carbocycles. The maximum atomic E-state index is 4.51. The summed E-state index contributed by atoms with van der Waals surface area (Å²) in [6.07, 6.45) is 8.38. The molecule has 0 radical (unpaired) electrons. The van der Waals surface area contributed by atoms with E-state index in [1.165, 1.54) is 69.2 Å². The van der Waals surface area contributed by atoms with Crippen LogP contribution in [0.2, 0.25) is 0 Å². The first-order valence-electron chi connectivity index (χ1n) is 11.4. The van der Waals surface area contributed by atoms with Gasteiger partial charge in [0.25, 0.3) is 0 Å². The van der Waals surface area contributed by atoms with E-state index in [4.69, 9.17) is 0 Å². The number of para-hydroxylation sites is 1. The van der Waals surface area contributed by atoms with Crippen LogP contribution in [0.15, 0.2) is 41.5 Å². The quantitative estimate of drug-likeness (QED) is 0.589. The molecule has 2 fully saturated rings. The predicted molar refractivity (Wildman–Crippen MR) is 125 cm³/mol. The molecule has 30 heavy (non-hydrogen) atoms. The first-order valence-corrected chi connectivity index (χ1v) is 11.4. The van der Waals surface area contributed by atoms with E-state index in [0.29, 0.717) is 0 Å². The number of aromatic nitrogens is 1. The number of nitrogens with zero attached hydrogens (tertiary/aromatic N) is 4. The molecular formula is C24H36N6. The zero-order valence-electron chi connectivity index (χ0n) is 18.5. The Balaban J connectivity index is 1.41. The van der Waals surface area contributed by atoms with Crippen LogP contribution < -0.4 is 10.6 Å². The van der Waals surface area contributed by atoms with Gasteiger partial charge in [0.2, 0.25) is 0 Å². The van der Waals surface area contributed by atoms with Crippen LogP contribution in [0.25, 0.3) is 10.9 Å². The minimum Gasteiger partial charge on any atom is -0.355 e. The molecule has 6 nitrogen and oxygen atoms in total. The molecule has 6 heteroatoms. The van der Waals surface area contributed by atoms with Gasteiger partial charge in [0.15, 0.2) is 5.96 Å². The molecule has 2 N–H and O–H groups in total. The zero-order chi connectivity index (χ0) is 20.8. The summed E-state index contributed by atoms with van der Waals surface area (Å²) in [5, 5.41) is 8.40. The van der Waals surface area contributed by atoms with E-state index in [0.717, 1.165) is 24.6 Å². The highest BCUT2D eigenvalue weighted by molar-refractivity contribution is 5.83. The minimum absolute atomic E-state index is 0.244. The van der Waals surface area contributed by atoms with Gasteiger partial charge < -0.3 is 15.5 Å². The molecule has 0 amide bonds. The average Bonchev–Trinajstić information content (AvgIpc) is 2.81. The summed E-state index contributed by atoms with van der Waals surface area (Å²) >= 11 is 0. The molecule has 3 heterocycles. The lowest BCUT2D eigenvalue weighted by atomic mass is 9.84. The van der Waals surface area contributed by atoms with Crippen LogP contribution in [0.1, 0.15) is 37.7 Å². The maximum absolute atomic E-state index is 4.51. The van der Waals surface area contributed by atoms with Crippen LogP contribution in [0.4, 0.5) is 0 Å². The van der Waals surface area contributed by atoms with E-state index < -0.39 is 0 Å². The van der Waals surface area contributed by atoms with Crippen molar-refractivity contribution < 1.29 is 0 Å². The molecule has 0 aliphatic carbocycles. The van der Waals surface area contributed by atoms with Crippen molar-refractivity contribution in [3.8, 4) is 0 Å². The molecular weight excluding hydrogens is 372 g/mol. The molecule has 2 saturated heterocycles. The summed E-state index contributed by atoms with van der Waals surface area (Å²) in [7, 11) is 4.11. The Morgan fingerprint density at radius 3 is 2.57 bits per heavy atom. The maximum Gasteiger partial charge on any atom is 0.191 e. The third-order valence-electron chi connectivity index (χ3n) is 6.94. The molecule has 4 rings (SSSR count). The van der Waals surface area contributed by atoms with Gasteiger partial charge in [-0.05, 0) is 76.6 Å². The number of hydrogen-bond donors (Lipinski definition) is 2. The standard InChI is InChI=1S/C24H36N6/c1-25-23(27-18-20-10-13-26-22-9-5-4-8-21(20)22)28-19-24(11-16-29(2)17-12-24)30-14-6-3-7-15-30/h4-5,8-10,13H,3,6-7,11-12,14-19H2,1-2H3,(H2,25,27,28). The second kappa shape index (κ2) is 9.75. The largest absolute Gasteiger partial charge is 0.355 e. The Labute approximate surface area is 180 Å². The zero-order valence-corrected chi connectivity index (χ0v) is 18.5. The van der Waals surface area contributed by atoms with Crippen molar-refractivity contribution in [3.05, 3.63) is 42.1 Å². The monoisotopic (exact) mass is 408 g/mol. The van der Waals surface area contributed by atoms with Crippen LogP contribution >= 0.6 is 0 Å². The fourth-order valence-corrected chi connectivity index (χ4v) is 4.96. The average molecular weight is 409 g/mol. The van der Waals surface area contributed by atoms with Crippen molar-refractivity contribution in [2.75, 3.05) is 46.8 Å². The second-order valence-corrected chi connectivity index (χ2v) is 8.84. The number of guanidine groups is 1. The van der Waals surface area contributed by atoms with E-state index in [2.05, 4.69) is 61.7 Å². The second-order valence-electron chi connectivity index (χ2n) is 8.84. The molecule has 2 aliphatic rings. The van der Waals surface area contributed by atoms with Crippen molar-refractivity contribution >= 4 is 16.9 Å². The summed E-state index contributed by atoms with van der Waals surface area (Å²) in [5.74, 6) is 0.881. The minimum atomic E-state index is 0.244. The molecule has 162 valence electrons. The van der Waals surface area contributed by atoms with Crippen molar-refractivity contribution in [2.24, 2.45) is 4.99 Å². The molecule has 1 aromatic heterocycles. The molecule has 0 atom stereocenters. The number of nitrogens with one attached hydrogen (secondary N) is 2. The number of aliphatic imine (C=N–C) groups is 1. The van der Waals surface area contributed by atoms with Crippen molar-refractivity contribution in [1.82, 2.24) is 25.4 Å². The van der Waals surface area contributed by atoms with E-state index in [9.17, 15) is 0 Å². The van der Waals surface area contributed by atoms with Crippen LogP contribution in [-0.2, 0) is 6.54 Å². The highest BCUT2D eigenvalue weighted by Gasteiger charge is 2.39. The first kappa shape index (κ1) is 21.1. The van der Waals surface area contributed by atoms with Crippen LogP contribution in [0.3, 0.4) is 0 Å². The lowest BCUT2D eigenvalue weighted by Crippen LogP contribution is -2.62. The number of benzene rings is 1. The fourth-order valence-electron chi connectivity index (χ4n) is 4.96. The van der Waals surface area contributed by atoms with E-state index >= 15 is 0 Å². The Hall–Kier alpha value is -2.18. The Kier molecular flexibility index (Phi) is 6.85. The van der Waals surface area contributed by atoms with Crippen LogP contribution in [0.5, 0.6) is 0 Å². The number of pyridine rings is 1. The SMILES string of the molecule is CN=C(NCc1ccnc2ccccc12)NCC1(N2CCCCC2)CCN(C)CC1. The van der Waals surface area contributed by atoms with Gasteiger partial charge in [-0.15, -0.1) is 0 Å². The first-order chi connectivity index (χ1) is 14.7. The molecule has 0 unspecified atom stereocenters. The third kappa shape index (κ3) is 4.76. The summed E-state index contributed by atoms with van der Waals surface area (Å²) in [6, 6.07) is 10.4. The smallest absolute Gasteiger partial charge is 0.191 e. The number of hydrogen-bond acceptors (Lipinski definition) is 4. The topological polar surface area (TPSA) is 55.8 Å². The number of rotatable bonds is 5. The van der Waals surface area contributed by atoms with Gasteiger partial charge in [0.1, 0.15) is 0 Å². The number of fused-ring (bicyclic) bond motifs is 1. The predicted octanol–water partition coefficient (Wildman–Crippen LogP) is 2.85. The van der Waals surface area contributed by atoms with E-state index in [1.807, 2.05) is 19.3 Å². The molecule has 0 spiro atoms. The van der Waals surface area contributed by atoms with Gasteiger partial charge in [-0.2, -0.15) is 0 Å². The Bertz CT molecular complexity index is 844.